The average Bonchev–Trinajstić information content (AvgIpc) is 2.58. The molecule has 0 spiro atoms. The summed E-state index contributed by atoms with van der Waals surface area (Å²) in [5, 5.41) is 7.35. The SMILES string of the molecule is c1cc(-c2cnco2)cnn1. The Balaban J connectivity index is 2.46. The Bertz CT molecular complexity index is 317. The summed E-state index contributed by atoms with van der Waals surface area (Å²) in [7, 11) is 0. The zero-order valence-electron chi connectivity index (χ0n) is 5.64. The molecule has 54 valence electrons. The first kappa shape index (κ1) is 6.03. The second-order valence-corrected chi connectivity index (χ2v) is 2.00. The minimum atomic E-state index is 0.708. The van der Waals surface area contributed by atoms with Gasteiger partial charge in [-0.05, 0) is 6.07 Å². The van der Waals surface area contributed by atoms with E-state index < -0.39 is 0 Å². The van der Waals surface area contributed by atoms with Crippen LogP contribution in [0, 0.1) is 0 Å². The van der Waals surface area contributed by atoms with Crippen LogP contribution in [0.3, 0.4) is 0 Å². The van der Waals surface area contributed by atoms with E-state index in [2.05, 4.69) is 15.2 Å². The number of oxazole rings is 1. The molecular formula is C7H5N3O. The zero-order chi connectivity index (χ0) is 7.52. The molecule has 2 aromatic heterocycles. The van der Waals surface area contributed by atoms with Crippen molar-refractivity contribution < 1.29 is 4.42 Å². The first-order valence-corrected chi connectivity index (χ1v) is 3.12. The molecule has 0 amide bonds. The minimum Gasteiger partial charge on any atom is -0.443 e. The molecule has 0 unspecified atom stereocenters. The van der Waals surface area contributed by atoms with Crippen molar-refractivity contribution in [1.29, 1.82) is 0 Å². The van der Waals surface area contributed by atoms with Crippen molar-refractivity contribution in [1.82, 2.24) is 15.2 Å². The van der Waals surface area contributed by atoms with Crippen molar-refractivity contribution in [2.75, 3.05) is 0 Å². The quantitative estimate of drug-likeness (QED) is 0.606. The van der Waals surface area contributed by atoms with Crippen LogP contribution in [0.1, 0.15) is 0 Å². The van der Waals surface area contributed by atoms with Gasteiger partial charge in [-0.2, -0.15) is 10.2 Å². The van der Waals surface area contributed by atoms with Crippen LogP contribution in [0.5, 0.6) is 0 Å². The minimum absolute atomic E-state index is 0.708. The number of nitrogens with zero attached hydrogens (tertiary/aromatic N) is 3. The lowest BCUT2D eigenvalue weighted by molar-refractivity contribution is 0.571. The van der Waals surface area contributed by atoms with Gasteiger partial charge < -0.3 is 4.42 Å². The highest BCUT2D eigenvalue weighted by atomic mass is 16.3. The second kappa shape index (κ2) is 2.49. The van der Waals surface area contributed by atoms with Gasteiger partial charge in [0.2, 0.25) is 0 Å². The molecule has 0 aliphatic carbocycles. The third-order valence-electron chi connectivity index (χ3n) is 1.30. The summed E-state index contributed by atoms with van der Waals surface area (Å²) in [6, 6.07) is 1.81. The molecule has 0 radical (unpaired) electrons. The molecule has 0 aliphatic heterocycles. The van der Waals surface area contributed by atoms with Gasteiger partial charge in [0.15, 0.2) is 12.2 Å². The molecule has 2 rings (SSSR count). The average molecular weight is 147 g/mol. The lowest BCUT2D eigenvalue weighted by Crippen LogP contribution is -1.79. The normalized spacial score (nSPS) is 9.82. The Kier molecular flexibility index (Phi) is 1.37. The van der Waals surface area contributed by atoms with Gasteiger partial charge in [0.1, 0.15) is 0 Å². The maximum absolute atomic E-state index is 5.04. The lowest BCUT2D eigenvalue weighted by Gasteiger charge is -1.89. The standard InChI is InChI=1S/C7H5N3O/c1-2-9-10-3-6(1)7-4-8-5-11-7/h1-5H. The van der Waals surface area contributed by atoms with Gasteiger partial charge >= 0.3 is 0 Å². The van der Waals surface area contributed by atoms with Crippen LogP contribution in [0.2, 0.25) is 0 Å². The second-order valence-electron chi connectivity index (χ2n) is 2.00. The molecule has 0 aromatic carbocycles. The molecule has 0 aliphatic rings. The predicted octanol–water partition coefficient (Wildman–Crippen LogP) is 1.13. The van der Waals surface area contributed by atoms with Crippen molar-refractivity contribution in [3.05, 3.63) is 31.1 Å². The van der Waals surface area contributed by atoms with Crippen LogP contribution in [0.25, 0.3) is 11.3 Å². The Hall–Kier alpha value is -1.71. The summed E-state index contributed by atoms with van der Waals surface area (Å²) in [6.45, 7) is 0. The molecule has 0 saturated carbocycles. The smallest absolute Gasteiger partial charge is 0.181 e. The highest BCUT2D eigenvalue weighted by Crippen LogP contribution is 2.14. The fourth-order valence-electron chi connectivity index (χ4n) is 0.795. The molecular weight excluding hydrogens is 142 g/mol. The van der Waals surface area contributed by atoms with E-state index in [9.17, 15) is 0 Å². The van der Waals surface area contributed by atoms with Crippen molar-refractivity contribution in [3.63, 3.8) is 0 Å². The van der Waals surface area contributed by atoms with Gasteiger partial charge in [-0.25, -0.2) is 4.98 Å². The van der Waals surface area contributed by atoms with E-state index >= 15 is 0 Å². The topological polar surface area (TPSA) is 51.8 Å². The highest BCUT2D eigenvalue weighted by molar-refractivity contribution is 5.53. The Morgan fingerprint density at radius 3 is 2.82 bits per heavy atom. The molecule has 0 atom stereocenters. The van der Waals surface area contributed by atoms with Crippen molar-refractivity contribution >= 4 is 0 Å². The van der Waals surface area contributed by atoms with Gasteiger partial charge in [-0.15, -0.1) is 0 Å². The fraction of sp³-hybridized carbons (Fsp3) is 0. The van der Waals surface area contributed by atoms with Gasteiger partial charge in [0.05, 0.1) is 18.6 Å². The van der Waals surface area contributed by atoms with Crippen LogP contribution < -0.4 is 0 Å². The molecule has 0 N–H and O–H groups in total. The van der Waals surface area contributed by atoms with Gasteiger partial charge in [0, 0.05) is 5.56 Å². The summed E-state index contributed by atoms with van der Waals surface area (Å²) < 4.78 is 5.04. The number of aromatic nitrogens is 3. The van der Waals surface area contributed by atoms with E-state index in [1.54, 1.807) is 18.6 Å². The van der Waals surface area contributed by atoms with E-state index in [0.717, 1.165) is 5.56 Å². The Morgan fingerprint density at radius 2 is 2.18 bits per heavy atom. The highest BCUT2D eigenvalue weighted by Gasteiger charge is 1.98. The summed E-state index contributed by atoms with van der Waals surface area (Å²) in [5.41, 5.74) is 0.887. The lowest BCUT2D eigenvalue weighted by atomic mass is 10.3. The molecule has 2 aromatic rings. The maximum atomic E-state index is 5.04. The van der Waals surface area contributed by atoms with Crippen LogP contribution >= 0.6 is 0 Å². The number of hydrogen-bond donors (Lipinski definition) is 0. The van der Waals surface area contributed by atoms with E-state index in [-0.39, 0.29) is 0 Å². The molecule has 0 bridgehead atoms. The van der Waals surface area contributed by atoms with Crippen LogP contribution in [-0.4, -0.2) is 15.2 Å². The van der Waals surface area contributed by atoms with Gasteiger partial charge in [-0.3, -0.25) is 0 Å². The molecule has 11 heavy (non-hydrogen) atoms. The first-order valence-electron chi connectivity index (χ1n) is 3.12. The van der Waals surface area contributed by atoms with E-state index in [4.69, 9.17) is 4.42 Å². The van der Waals surface area contributed by atoms with Gasteiger partial charge in [-0.1, -0.05) is 0 Å². The summed E-state index contributed by atoms with van der Waals surface area (Å²) >= 11 is 0. The maximum Gasteiger partial charge on any atom is 0.181 e. The summed E-state index contributed by atoms with van der Waals surface area (Å²) in [4.78, 5) is 3.78. The van der Waals surface area contributed by atoms with Crippen molar-refractivity contribution in [2.24, 2.45) is 0 Å². The monoisotopic (exact) mass is 147 g/mol. The summed E-state index contributed by atoms with van der Waals surface area (Å²) in [6.07, 6.45) is 6.26. The molecule has 4 heteroatoms. The third-order valence-corrected chi connectivity index (χ3v) is 1.30. The Morgan fingerprint density at radius 1 is 1.18 bits per heavy atom. The van der Waals surface area contributed by atoms with Gasteiger partial charge in [0.25, 0.3) is 0 Å². The van der Waals surface area contributed by atoms with Crippen LogP contribution in [0.15, 0.2) is 35.5 Å². The van der Waals surface area contributed by atoms with E-state index in [1.165, 1.54) is 6.39 Å². The first-order chi connectivity index (χ1) is 5.47. The van der Waals surface area contributed by atoms with Crippen molar-refractivity contribution in [2.45, 2.75) is 0 Å². The van der Waals surface area contributed by atoms with Crippen LogP contribution in [0.4, 0.5) is 0 Å². The Labute approximate surface area is 62.9 Å². The predicted molar refractivity (Wildman–Crippen MR) is 37.5 cm³/mol. The van der Waals surface area contributed by atoms with E-state index in [1.807, 2.05) is 6.07 Å². The third kappa shape index (κ3) is 1.10. The molecule has 0 saturated heterocycles. The fourth-order valence-corrected chi connectivity index (χ4v) is 0.795. The number of rotatable bonds is 1. The number of hydrogen-bond acceptors (Lipinski definition) is 4. The molecule has 2 heterocycles. The largest absolute Gasteiger partial charge is 0.443 e. The zero-order valence-corrected chi connectivity index (χ0v) is 5.64. The molecule has 4 nitrogen and oxygen atoms in total. The molecule has 0 fully saturated rings. The summed E-state index contributed by atoms with van der Waals surface area (Å²) in [5.74, 6) is 0.708. The van der Waals surface area contributed by atoms with E-state index in [0.29, 0.717) is 5.76 Å². The van der Waals surface area contributed by atoms with Crippen LogP contribution in [-0.2, 0) is 0 Å². The van der Waals surface area contributed by atoms with Crippen molar-refractivity contribution in [3.8, 4) is 11.3 Å².